The van der Waals surface area contributed by atoms with Gasteiger partial charge in [-0.2, -0.15) is 0 Å². The van der Waals surface area contributed by atoms with E-state index in [2.05, 4.69) is 4.72 Å². The van der Waals surface area contributed by atoms with Crippen LogP contribution in [0.4, 0.5) is 11.4 Å². The molecule has 0 heterocycles. The fourth-order valence-electron chi connectivity index (χ4n) is 1.63. The highest BCUT2D eigenvalue weighted by molar-refractivity contribution is 7.89. The minimum absolute atomic E-state index is 0.0658. The van der Waals surface area contributed by atoms with E-state index < -0.39 is 20.6 Å². The van der Waals surface area contributed by atoms with E-state index in [4.69, 9.17) is 5.73 Å². The lowest BCUT2D eigenvalue weighted by Crippen LogP contribution is -2.36. The van der Waals surface area contributed by atoms with E-state index >= 15 is 0 Å². The molecule has 1 aromatic carbocycles. The van der Waals surface area contributed by atoms with Crippen LogP contribution >= 0.6 is 0 Å². The Hall–Kier alpha value is -1.67. The number of nitrogen functional groups attached to an aromatic ring is 1. The summed E-state index contributed by atoms with van der Waals surface area (Å²) in [6.45, 7) is 5.65. The maximum absolute atomic E-state index is 12.2. The van der Waals surface area contributed by atoms with Crippen LogP contribution in [0.3, 0.4) is 0 Å². The van der Waals surface area contributed by atoms with Crippen LogP contribution in [0.2, 0.25) is 0 Å². The molecule has 0 aromatic heterocycles. The number of nitrogens with one attached hydrogen (secondary N) is 1. The Labute approximate surface area is 118 Å². The fourth-order valence-corrected chi connectivity index (χ4v) is 3.00. The first kappa shape index (κ1) is 16.4. The summed E-state index contributed by atoms with van der Waals surface area (Å²) in [5, 5.41) is 10.8. The summed E-state index contributed by atoms with van der Waals surface area (Å²) in [6.07, 6.45) is 0.825. The molecule has 0 spiro atoms. The molecule has 8 heteroatoms. The third-order valence-electron chi connectivity index (χ3n) is 3.35. The van der Waals surface area contributed by atoms with Crippen molar-refractivity contribution in [3.8, 4) is 0 Å². The normalized spacial score (nSPS) is 14.8. The number of anilines is 1. The number of benzene rings is 1. The molecule has 7 nitrogen and oxygen atoms in total. The van der Waals surface area contributed by atoms with Crippen LogP contribution in [0.1, 0.15) is 27.2 Å². The maximum atomic E-state index is 12.2. The Morgan fingerprint density at radius 2 is 2.00 bits per heavy atom. The van der Waals surface area contributed by atoms with E-state index in [-0.39, 0.29) is 22.5 Å². The molecule has 0 fully saturated rings. The minimum Gasteiger partial charge on any atom is -0.393 e. The van der Waals surface area contributed by atoms with Gasteiger partial charge in [-0.25, -0.2) is 13.1 Å². The topological polar surface area (TPSA) is 115 Å². The number of nitrogens with two attached hydrogens (primary N) is 1. The van der Waals surface area contributed by atoms with Gasteiger partial charge in [-0.15, -0.1) is 0 Å². The van der Waals surface area contributed by atoms with Gasteiger partial charge in [0.05, 0.1) is 9.82 Å². The van der Waals surface area contributed by atoms with Crippen LogP contribution in [-0.4, -0.2) is 19.4 Å². The zero-order chi connectivity index (χ0) is 15.5. The molecule has 2 atom stereocenters. The maximum Gasteiger partial charge on any atom is 0.293 e. The van der Waals surface area contributed by atoms with Gasteiger partial charge in [0.2, 0.25) is 10.0 Å². The van der Waals surface area contributed by atoms with E-state index in [1.54, 1.807) is 6.92 Å². The lowest BCUT2D eigenvalue weighted by atomic mass is 10.0. The third kappa shape index (κ3) is 3.67. The van der Waals surface area contributed by atoms with Crippen molar-refractivity contribution in [2.45, 2.75) is 38.1 Å². The van der Waals surface area contributed by atoms with E-state index in [1.165, 1.54) is 12.1 Å². The van der Waals surface area contributed by atoms with Gasteiger partial charge in [0.1, 0.15) is 5.69 Å². The van der Waals surface area contributed by atoms with E-state index in [1.807, 2.05) is 13.8 Å². The number of hydrogen-bond donors (Lipinski definition) is 2. The summed E-state index contributed by atoms with van der Waals surface area (Å²) in [5.74, 6) is 0.161. The smallest absolute Gasteiger partial charge is 0.293 e. The molecule has 0 aliphatic rings. The van der Waals surface area contributed by atoms with Gasteiger partial charge in [-0.3, -0.25) is 10.1 Å². The van der Waals surface area contributed by atoms with Crippen LogP contribution in [0.5, 0.6) is 0 Å². The highest BCUT2D eigenvalue weighted by atomic mass is 32.2. The van der Waals surface area contributed by atoms with Crippen LogP contribution in [0.25, 0.3) is 0 Å². The molecule has 1 aromatic rings. The average Bonchev–Trinajstić information content (AvgIpc) is 2.36. The summed E-state index contributed by atoms with van der Waals surface area (Å²) >= 11 is 0. The van der Waals surface area contributed by atoms with Gasteiger partial charge in [-0.1, -0.05) is 20.3 Å². The second-order valence-corrected chi connectivity index (χ2v) is 6.49. The summed E-state index contributed by atoms with van der Waals surface area (Å²) in [5.41, 5.74) is 4.97. The molecule has 0 bridgehead atoms. The first-order chi connectivity index (χ1) is 9.19. The van der Waals surface area contributed by atoms with Crippen molar-refractivity contribution < 1.29 is 13.3 Å². The number of nitro groups is 1. The Balaban J connectivity index is 3.10. The van der Waals surface area contributed by atoms with E-state index in [9.17, 15) is 18.5 Å². The first-order valence-electron chi connectivity index (χ1n) is 6.25. The molecule has 0 aliphatic carbocycles. The summed E-state index contributed by atoms with van der Waals surface area (Å²) in [6, 6.07) is 3.19. The first-order valence-corrected chi connectivity index (χ1v) is 7.73. The Morgan fingerprint density at radius 1 is 1.40 bits per heavy atom. The second kappa shape index (κ2) is 6.19. The molecule has 0 saturated carbocycles. The Bertz CT molecular complexity index is 601. The lowest BCUT2D eigenvalue weighted by molar-refractivity contribution is -0.384. The molecular formula is C12H19N3O4S. The van der Waals surface area contributed by atoms with Crippen molar-refractivity contribution >= 4 is 21.4 Å². The van der Waals surface area contributed by atoms with Crippen LogP contribution in [0.15, 0.2) is 23.1 Å². The fraction of sp³-hybridized carbons (Fsp3) is 0.500. The van der Waals surface area contributed by atoms with Gasteiger partial charge in [0.15, 0.2) is 0 Å². The van der Waals surface area contributed by atoms with Gasteiger partial charge in [0.25, 0.3) is 5.69 Å². The standard InChI is InChI=1S/C12H19N3O4S/c1-4-8(2)9(3)14-20(18,19)10-5-6-11(13)12(7-10)15(16)17/h5-9,14H,4,13H2,1-3H3. The highest BCUT2D eigenvalue weighted by Gasteiger charge is 2.23. The van der Waals surface area contributed by atoms with Crippen molar-refractivity contribution in [2.24, 2.45) is 5.92 Å². The molecule has 112 valence electrons. The van der Waals surface area contributed by atoms with Crippen LogP contribution < -0.4 is 10.5 Å². The molecule has 0 aliphatic heterocycles. The number of hydrogen-bond acceptors (Lipinski definition) is 5. The second-order valence-electron chi connectivity index (χ2n) is 4.77. The van der Waals surface area contributed by atoms with Gasteiger partial charge >= 0.3 is 0 Å². The zero-order valence-corrected chi connectivity index (χ0v) is 12.5. The molecule has 0 saturated heterocycles. The van der Waals surface area contributed by atoms with E-state index in [0.29, 0.717) is 0 Å². The van der Waals surface area contributed by atoms with Crippen LogP contribution in [-0.2, 0) is 10.0 Å². The minimum atomic E-state index is -3.80. The number of rotatable bonds is 6. The van der Waals surface area contributed by atoms with Gasteiger partial charge < -0.3 is 5.73 Å². The monoisotopic (exact) mass is 301 g/mol. The molecule has 0 radical (unpaired) electrons. The van der Waals surface area contributed by atoms with Gasteiger partial charge in [0, 0.05) is 12.1 Å². The van der Waals surface area contributed by atoms with Gasteiger partial charge in [-0.05, 0) is 25.0 Å². The lowest BCUT2D eigenvalue weighted by Gasteiger charge is -2.19. The molecule has 0 amide bonds. The van der Waals surface area contributed by atoms with Crippen molar-refractivity contribution in [1.82, 2.24) is 4.72 Å². The number of sulfonamides is 1. The largest absolute Gasteiger partial charge is 0.393 e. The summed E-state index contributed by atoms with van der Waals surface area (Å²) in [4.78, 5) is 9.93. The molecule has 20 heavy (non-hydrogen) atoms. The predicted octanol–water partition coefficient (Wildman–Crippen LogP) is 1.89. The number of nitro benzene ring substituents is 1. The quantitative estimate of drug-likeness (QED) is 0.473. The molecule has 3 N–H and O–H groups in total. The highest BCUT2D eigenvalue weighted by Crippen LogP contribution is 2.25. The summed E-state index contributed by atoms with van der Waals surface area (Å²) < 4.78 is 26.9. The van der Waals surface area contributed by atoms with Crippen LogP contribution in [0, 0.1) is 16.0 Å². The summed E-state index contributed by atoms with van der Waals surface area (Å²) in [7, 11) is -3.80. The Morgan fingerprint density at radius 3 is 2.50 bits per heavy atom. The van der Waals surface area contributed by atoms with Crippen molar-refractivity contribution in [3.05, 3.63) is 28.3 Å². The van der Waals surface area contributed by atoms with Crippen molar-refractivity contribution in [2.75, 3.05) is 5.73 Å². The molecular weight excluding hydrogens is 282 g/mol. The molecule has 2 unspecified atom stereocenters. The number of nitrogens with zero attached hydrogens (tertiary/aromatic N) is 1. The van der Waals surface area contributed by atoms with E-state index in [0.717, 1.165) is 12.5 Å². The zero-order valence-electron chi connectivity index (χ0n) is 11.7. The Kier molecular flexibility index (Phi) is 5.07. The third-order valence-corrected chi connectivity index (χ3v) is 4.90. The average molecular weight is 301 g/mol. The van der Waals surface area contributed by atoms with Crippen molar-refractivity contribution in [1.29, 1.82) is 0 Å². The predicted molar refractivity (Wildman–Crippen MR) is 76.7 cm³/mol. The van der Waals surface area contributed by atoms with Crippen molar-refractivity contribution in [3.63, 3.8) is 0 Å². The molecule has 1 rings (SSSR count). The SMILES string of the molecule is CCC(C)C(C)NS(=O)(=O)c1ccc(N)c([N+](=O)[O-])c1.